The van der Waals surface area contributed by atoms with Gasteiger partial charge in [0.1, 0.15) is 11.6 Å². The fraction of sp³-hybridized carbons (Fsp3) is 0.433. The largest absolute Gasteiger partial charge is 0.480 e. The van der Waals surface area contributed by atoms with E-state index in [1.165, 1.54) is 18.1 Å². The van der Waals surface area contributed by atoms with E-state index in [-0.39, 0.29) is 23.8 Å². The topological polar surface area (TPSA) is 123 Å². The second-order valence-corrected chi connectivity index (χ2v) is 10.1. The summed E-state index contributed by atoms with van der Waals surface area (Å²) in [6.45, 7) is 2.39. The number of ether oxygens (including phenoxy) is 1. The van der Waals surface area contributed by atoms with Gasteiger partial charge >= 0.3 is 0 Å². The van der Waals surface area contributed by atoms with E-state index >= 15 is 0 Å². The molecule has 1 aliphatic carbocycles. The number of hydrogen-bond donors (Lipinski definition) is 2. The van der Waals surface area contributed by atoms with Crippen molar-refractivity contribution in [2.24, 2.45) is 5.92 Å². The van der Waals surface area contributed by atoms with E-state index in [0.717, 1.165) is 31.4 Å². The van der Waals surface area contributed by atoms with Gasteiger partial charge in [-0.3, -0.25) is 9.59 Å². The lowest BCUT2D eigenvalue weighted by molar-refractivity contribution is -0.135. The van der Waals surface area contributed by atoms with Crippen molar-refractivity contribution in [2.75, 3.05) is 40.1 Å². The van der Waals surface area contributed by atoms with Gasteiger partial charge in [-0.2, -0.15) is 10.2 Å². The zero-order valence-corrected chi connectivity index (χ0v) is 23.8. The van der Waals surface area contributed by atoms with Crippen LogP contribution in [0.1, 0.15) is 43.7 Å². The van der Waals surface area contributed by atoms with Crippen molar-refractivity contribution in [3.05, 3.63) is 53.7 Å². The Morgan fingerprint density at radius 2 is 1.98 bits per heavy atom. The van der Waals surface area contributed by atoms with Crippen LogP contribution in [0.5, 0.6) is 5.88 Å². The summed E-state index contributed by atoms with van der Waals surface area (Å²) in [4.78, 5) is 37.5. The lowest BCUT2D eigenvalue weighted by Crippen LogP contribution is -2.49. The molecular formula is C30H37N7O3. The second-order valence-electron chi connectivity index (χ2n) is 10.1. The maximum absolute atomic E-state index is 12.9. The molecule has 210 valence electrons. The number of aromatic nitrogens is 2. The van der Waals surface area contributed by atoms with Crippen molar-refractivity contribution in [2.45, 2.75) is 44.7 Å². The average molecular weight is 544 g/mol. The van der Waals surface area contributed by atoms with E-state index in [0.29, 0.717) is 29.5 Å². The number of methoxy groups -OCH3 is 1. The van der Waals surface area contributed by atoms with Gasteiger partial charge in [0.05, 0.1) is 24.9 Å². The highest BCUT2D eigenvalue weighted by atomic mass is 16.5. The van der Waals surface area contributed by atoms with E-state index < -0.39 is 6.04 Å². The first-order valence-corrected chi connectivity index (χ1v) is 13.3. The fourth-order valence-electron chi connectivity index (χ4n) is 4.23. The molecule has 0 aliphatic heterocycles. The third-order valence-electron chi connectivity index (χ3n) is 6.69. The van der Waals surface area contributed by atoms with Crippen LogP contribution in [0, 0.1) is 29.1 Å². The maximum Gasteiger partial charge on any atom is 0.246 e. The first-order valence-electron chi connectivity index (χ1n) is 13.3. The predicted octanol–water partition coefficient (Wildman–Crippen LogP) is 3.09. The summed E-state index contributed by atoms with van der Waals surface area (Å²) in [5, 5.41) is 15.2. The van der Waals surface area contributed by atoms with Crippen molar-refractivity contribution >= 4 is 23.5 Å². The number of benzene rings is 1. The van der Waals surface area contributed by atoms with Crippen LogP contribution in [0.4, 0.5) is 11.6 Å². The molecule has 1 heterocycles. The van der Waals surface area contributed by atoms with Crippen LogP contribution in [-0.4, -0.2) is 78.5 Å². The summed E-state index contributed by atoms with van der Waals surface area (Å²) in [5.41, 5.74) is 1.90. The Labute approximate surface area is 236 Å². The van der Waals surface area contributed by atoms with Gasteiger partial charge in [0.25, 0.3) is 0 Å². The fourth-order valence-corrected chi connectivity index (χ4v) is 4.23. The number of anilines is 2. The summed E-state index contributed by atoms with van der Waals surface area (Å²) in [6, 6.07) is 8.48. The van der Waals surface area contributed by atoms with Gasteiger partial charge in [-0.1, -0.05) is 24.3 Å². The zero-order chi connectivity index (χ0) is 29.1. The molecule has 0 spiro atoms. The molecule has 10 heteroatoms. The monoisotopic (exact) mass is 543 g/mol. The molecule has 1 aromatic heterocycles. The molecule has 1 aromatic carbocycles. The van der Waals surface area contributed by atoms with Crippen LogP contribution in [0.25, 0.3) is 0 Å². The summed E-state index contributed by atoms with van der Waals surface area (Å²) in [5.74, 6) is 6.92. The number of nitrogens with zero attached hydrogens (tertiary/aromatic N) is 5. The molecule has 1 aliphatic rings. The van der Waals surface area contributed by atoms with E-state index in [2.05, 4.69) is 38.5 Å². The Bertz CT molecular complexity index is 1310. The Balaban J connectivity index is 1.58. The summed E-state index contributed by atoms with van der Waals surface area (Å²) in [6.07, 6.45) is 8.39. The van der Waals surface area contributed by atoms with Crippen molar-refractivity contribution < 1.29 is 14.3 Å². The number of hydrogen-bond acceptors (Lipinski definition) is 8. The minimum atomic E-state index is -0.583. The van der Waals surface area contributed by atoms with Gasteiger partial charge in [0.2, 0.25) is 23.6 Å². The van der Waals surface area contributed by atoms with Gasteiger partial charge < -0.3 is 25.2 Å². The van der Waals surface area contributed by atoms with E-state index in [9.17, 15) is 9.59 Å². The molecule has 1 saturated carbocycles. The lowest BCUT2D eigenvalue weighted by atomic mass is 9.86. The molecule has 3 atom stereocenters. The highest BCUT2D eigenvalue weighted by molar-refractivity contribution is 5.92. The molecule has 3 rings (SSSR count). The highest BCUT2D eigenvalue weighted by Crippen LogP contribution is 2.25. The number of rotatable bonds is 9. The van der Waals surface area contributed by atoms with Gasteiger partial charge in [0.15, 0.2) is 0 Å². The Kier molecular flexibility index (Phi) is 11.0. The van der Waals surface area contributed by atoms with Gasteiger partial charge in [-0.05, 0) is 64.5 Å². The number of nitriles is 1. The molecule has 0 bridgehead atoms. The zero-order valence-electron chi connectivity index (χ0n) is 23.8. The normalized spacial score (nSPS) is 17.3. The number of carbonyl (C=O) groups excluding carboxylic acids is 2. The Morgan fingerprint density at radius 3 is 2.65 bits per heavy atom. The maximum atomic E-state index is 12.9. The Morgan fingerprint density at radius 1 is 1.23 bits per heavy atom. The van der Waals surface area contributed by atoms with E-state index in [1.54, 1.807) is 50.5 Å². The van der Waals surface area contributed by atoms with Crippen LogP contribution < -0.4 is 15.4 Å². The van der Waals surface area contributed by atoms with Gasteiger partial charge in [-0.25, -0.2) is 4.98 Å². The molecule has 0 saturated heterocycles. The minimum Gasteiger partial charge on any atom is -0.480 e. The summed E-state index contributed by atoms with van der Waals surface area (Å²) >= 11 is 0. The minimum absolute atomic E-state index is 0.00655. The average Bonchev–Trinajstić information content (AvgIpc) is 2.95. The van der Waals surface area contributed by atoms with Crippen molar-refractivity contribution in [1.29, 1.82) is 5.26 Å². The standard InChI is InChI=1S/C30H37N7O3/c1-21(37(4)27(38)10-7-17-36(2)3)28(39)33-26-9-6-8-22(18-26)11-14-24-20-32-30(35-29(24)40-5)34-25-15-12-23(19-31)13-16-25/h7,10,12-13,15-16,20-22,26H,6,8-9,17-18H2,1-5H3,(H,33,39)(H,32,34,35)/t21?,22-,26-/m0/s1. The highest BCUT2D eigenvalue weighted by Gasteiger charge is 2.26. The molecule has 40 heavy (non-hydrogen) atoms. The van der Waals surface area contributed by atoms with Crippen LogP contribution in [-0.2, 0) is 9.59 Å². The molecule has 1 unspecified atom stereocenters. The van der Waals surface area contributed by atoms with Crippen LogP contribution in [0.3, 0.4) is 0 Å². The molecule has 2 N–H and O–H groups in total. The molecule has 10 nitrogen and oxygen atoms in total. The Hall–Kier alpha value is -4.41. The van der Waals surface area contributed by atoms with Crippen molar-refractivity contribution in [1.82, 2.24) is 25.1 Å². The first kappa shape index (κ1) is 30.1. The number of carbonyl (C=O) groups is 2. The van der Waals surface area contributed by atoms with Gasteiger partial charge in [-0.15, -0.1) is 0 Å². The quantitative estimate of drug-likeness (QED) is 0.365. The van der Waals surface area contributed by atoms with Crippen LogP contribution >= 0.6 is 0 Å². The van der Waals surface area contributed by atoms with Crippen molar-refractivity contribution in [3.8, 4) is 23.8 Å². The van der Waals surface area contributed by atoms with Crippen molar-refractivity contribution in [3.63, 3.8) is 0 Å². The number of nitrogens with one attached hydrogen (secondary N) is 2. The van der Waals surface area contributed by atoms with E-state index in [4.69, 9.17) is 10.00 Å². The first-order chi connectivity index (χ1) is 19.2. The lowest BCUT2D eigenvalue weighted by Gasteiger charge is -2.30. The third-order valence-corrected chi connectivity index (χ3v) is 6.69. The van der Waals surface area contributed by atoms with Crippen LogP contribution in [0.15, 0.2) is 42.6 Å². The molecular weight excluding hydrogens is 506 g/mol. The smallest absolute Gasteiger partial charge is 0.246 e. The SMILES string of the molecule is COc1nc(Nc2ccc(C#N)cc2)ncc1C#C[C@@H]1CCC[C@H](NC(=O)C(C)N(C)C(=O)C=CCN(C)C)C1. The summed E-state index contributed by atoms with van der Waals surface area (Å²) in [7, 11) is 7.03. The molecule has 1 fully saturated rings. The molecule has 2 aromatic rings. The van der Waals surface area contributed by atoms with Crippen LogP contribution in [0.2, 0.25) is 0 Å². The predicted molar refractivity (Wildman–Crippen MR) is 154 cm³/mol. The summed E-state index contributed by atoms with van der Waals surface area (Å²) < 4.78 is 5.44. The number of likely N-dealkylation sites (N-methyl/N-ethyl adjacent to an activating group) is 2. The number of amides is 2. The van der Waals surface area contributed by atoms with Gasteiger partial charge in [0, 0.05) is 37.3 Å². The second kappa shape index (κ2) is 14.7. The molecule has 2 amide bonds. The van der Waals surface area contributed by atoms with E-state index in [1.807, 2.05) is 19.0 Å². The third kappa shape index (κ3) is 8.82. The molecule has 0 radical (unpaired) electrons.